The molecule has 34 heavy (non-hydrogen) atoms. The maximum Gasteiger partial charge on any atom is 0.471 e. The number of benzene rings is 1. The second-order valence-corrected chi connectivity index (χ2v) is 11.3. The van der Waals surface area contributed by atoms with Gasteiger partial charge in [0.05, 0.1) is 12.1 Å². The summed E-state index contributed by atoms with van der Waals surface area (Å²) in [5, 5.41) is 1.91. The van der Waals surface area contributed by atoms with Gasteiger partial charge in [-0.2, -0.15) is 13.2 Å². The van der Waals surface area contributed by atoms with Crippen LogP contribution in [0.1, 0.15) is 27.7 Å². The van der Waals surface area contributed by atoms with E-state index in [2.05, 4.69) is 24.1 Å². The second-order valence-electron chi connectivity index (χ2n) is 8.87. The fourth-order valence-electron chi connectivity index (χ4n) is 4.36. The van der Waals surface area contributed by atoms with E-state index >= 15 is 0 Å². The van der Waals surface area contributed by atoms with Gasteiger partial charge in [-0.1, -0.05) is 45.9 Å². The van der Waals surface area contributed by atoms with Crippen LogP contribution >= 0.6 is 23.5 Å². The van der Waals surface area contributed by atoms with Crippen LogP contribution in [0.3, 0.4) is 0 Å². The molecule has 1 amide bonds. The molecule has 3 rings (SSSR count). The number of carbonyl (C=O) groups is 1. The van der Waals surface area contributed by atoms with E-state index in [0.29, 0.717) is 0 Å². The summed E-state index contributed by atoms with van der Waals surface area (Å²) in [4.78, 5) is 17.0. The Morgan fingerprint density at radius 2 is 1.74 bits per heavy atom. The average molecular weight is 513 g/mol. The molecule has 2 heterocycles. The first kappa shape index (κ1) is 26.9. The smallest absolute Gasteiger partial charge is 0.362 e. The van der Waals surface area contributed by atoms with E-state index < -0.39 is 24.2 Å². The van der Waals surface area contributed by atoms with Crippen molar-refractivity contribution < 1.29 is 22.7 Å². The molecule has 1 fully saturated rings. The Morgan fingerprint density at radius 1 is 1.06 bits per heavy atom. The molecular formula is C25H31F3N2O2S2. The molecule has 1 saturated heterocycles. The molecule has 0 aliphatic carbocycles. The first-order valence-corrected chi connectivity index (χ1v) is 13.4. The molecule has 4 nitrogen and oxygen atoms in total. The van der Waals surface area contributed by atoms with Crippen molar-refractivity contribution in [2.45, 2.75) is 61.6 Å². The van der Waals surface area contributed by atoms with Crippen LogP contribution in [0.5, 0.6) is 0 Å². The molecule has 186 valence electrons. The number of amides is 1. The van der Waals surface area contributed by atoms with Crippen molar-refractivity contribution in [3.05, 3.63) is 48.8 Å². The fourth-order valence-corrected chi connectivity index (χ4v) is 6.37. The Bertz CT molecular complexity index is 941. The zero-order chi connectivity index (χ0) is 25.0. The molecule has 1 aromatic carbocycles. The van der Waals surface area contributed by atoms with E-state index in [1.54, 1.807) is 24.2 Å². The number of carbonyl (C=O) groups excluding carboxylic acids is 1. The Hall–Kier alpha value is -1.71. The van der Waals surface area contributed by atoms with Crippen LogP contribution in [0.25, 0.3) is 11.1 Å². The number of rotatable bonds is 7. The standard InChI is InChI=1S/C25H31F3N2O2S2/c1-14-15(2)22(32-23(33-5)16(14)3)21(30-24(31)25(26,27)28)17(4)34-20-10-8-18(9-11-20)19-7-6-12-29-13-19/h6-17,21-23H,1-5H3,(H,30,31)/t14-,15?,16-,17+,21-,22+,23?/m1/s1. The van der Waals surface area contributed by atoms with Crippen molar-refractivity contribution in [3.63, 3.8) is 0 Å². The van der Waals surface area contributed by atoms with Gasteiger partial charge in [0.15, 0.2) is 0 Å². The molecule has 0 saturated carbocycles. The molecule has 1 N–H and O–H groups in total. The van der Waals surface area contributed by atoms with E-state index in [1.807, 2.05) is 56.5 Å². The summed E-state index contributed by atoms with van der Waals surface area (Å²) in [7, 11) is 0. The zero-order valence-electron chi connectivity index (χ0n) is 19.9. The van der Waals surface area contributed by atoms with Crippen LogP contribution in [0, 0.1) is 17.8 Å². The van der Waals surface area contributed by atoms with Gasteiger partial charge in [-0.05, 0) is 53.3 Å². The summed E-state index contributed by atoms with van der Waals surface area (Å²) in [6, 6.07) is 10.8. The molecule has 9 heteroatoms. The van der Waals surface area contributed by atoms with Gasteiger partial charge in [-0.3, -0.25) is 9.78 Å². The molecule has 1 aliphatic rings. The van der Waals surface area contributed by atoms with Crippen LogP contribution in [0.4, 0.5) is 13.2 Å². The summed E-state index contributed by atoms with van der Waals surface area (Å²) in [5.41, 5.74) is 1.84. The quantitative estimate of drug-likeness (QED) is 0.443. The number of nitrogens with zero attached hydrogens (tertiary/aromatic N) is 1. The lowest BCUT2D eigenvalue weighted by Crippen LogP contribution is -2.59. The second kappa shape index (κ2) is 11.4. The minimum absolute atomic E-state index is 0.0204. The predicted molar refractivity (Wildman–Crippen MR) is 133 cm³/mol. The summed E-state index contributed by atoms with van der Waals surface area (Å²) in [5.74, 6) is -1.46. The summed E-state index contributed by atoms with van der Waals surface area (Å²) < 4.78 is 45.9. The number of hydrogen-bond acceptors (Lipinski definition) is 5. The maximum atomic E-state index is 13.2. The van der Waals surface area contributed by atoms with E-state index in [9.17, 15) is 18.0 Å². The molecule has 7 atom stereocenters. The monoisotopic (exact) mass is 512 g/mol. The Morgan fingerprint density at radius 3 is 2.29 bits per heavy atom. The number of alkyl halides is 3. The van der Waals surface area contributed by atoms with Crippen LogP contribution in [-0.2, 0) is 9.53 Å². The van der Waals surface area contributed by atoms with Gasteiger partial charge in [0.1, 0.15) is 5.44 Å². The SMILES string of the molecule is CSC1O[C@H]([C@H](NC(=O)C(F)(F)F)[C@H](C)Sc2ccc(-c3cccnc3)cc2)C(C)[C@@H](C)[C@H]1C. The molecule has 1 aromatic heterocycles. The van der Waals surface area contributed by atoms with Crippen molar-refractivity contribution in [1.82, 2.24) is 10.3 Å². The van der Waals surface area contributed by atoms with E-state index in [1.165, 1.54) is 11.8 Å². The Labute approximate surface area is 207 Å². The summed E-state index contributed by atoms with van der Waals surface area (Å²) in [6.45, 7) is 8.04. The van der Waals surface area contributed by atoms with Gasteiger partial charge in [-0.15, -0.1) is 23.5 Å². The van der Waals surface area contributed by atoms with Crippen molar-refractivity contribution in [2.24, 2.45) is 17.8 Å². The van der Waals surface area contributed by atoms with Crippen LogP contribution < -0.4 is 5.32 Å². The van der Waals surface area contributed by atoms with Crippen LogP contribution in [0.15, 0.2) is 53.7 Å². The first-order valence-electron chi connectivity index (χ1n) is 11.3. The lowest BCUT2D eigenvalue weighted by atomic mass is 9.77. The molecule has 2 unspecified atom stereocenters. The average Bonchev–Trinajstić information content (AvgIpc) is 2.82. The maximum absolute atomic E-state index is 13.2. The number of pyridine rings is 1. The van der Waals surface area contributed by atoms with Crippen LogP contribution in [0.2, 0.25) is 0 Å². The topological polar surface area (TPSA) is 51.2 Å². The van der Waals surface area contributed by atoms with E-state index in [-0.39, 0.29) is 28.4 Å². The van der Waals surface area contributed by atoms with Gasteiger partial charge in [0.2, 0.25) is 0 Å². The minimum atomic E-state index is -4.95. The third kappa shape index (κ3) is 6.29. The van der Waals surface area contributed by atoms with Gasteiger partial charge >= 0.3 is 12.1 Å². The highest BCUT2D eigenvalue weighted by molar-refractivity contribution is 8.00. The lowest BCUT2D eigenvalue weighted by molar-refractivity contribution is -0.177. The largest absolute Gasteiger partial charge is 0.471 e. The zero-order valence-corrected chi connectivity index (χ0v) is 21.5. The number of halogens is 3. The molecular weight excluding hydrogens is 481 g/mol. The Balaban J connectivity index is 1.83. The number of nitrogens with one attached hydrogen (secondary N) is 1. The van der Waals surface area contributed by atoms with Crippen LogP contribution in [-0.4, -0.2) is 46.2 Å². The molecule has 1 aliphatic heterocycles. The normalized spacial score (nSPS) is 27.1. The van der Waals surface area contributed by atoms with E-state index in [4.69, 9.17) is 4.74 Å². The van der Waals surface area contributed by atoms with Gasteiger partial charge < -0.3 is 10.1 Å². The third-order valence-corrected chi connectivity index (χ3v) is 8.93. The molecule has 0 spiro atoms. The minimum Gasteiger partial charge on any atom is -0.362 e. The highest BCUT2D eigenvalue weighted by Crippen LogP contribution is 2.42. The van der Waals surface area contributed by atoms with Crippen molar-refractivity contribution in [2.75, 3.05) is 6.26 Å². The summed E-state index contributed by atoms with van der Waals surface area (Å²) in [6.07, 6.45) is -0.0650. The van der Waals surface area contributed by atoms with Crippen molar-refractivity contribution in [1.29, 1.82) is 0 Å². The summed E-state index contributed by atoms with van der Waals surface area (Å²) >= 11 is 2.98. The predicted octanol–water partition coefficient (Wildman–Crippen LogP) is 6.27. The van der Waals surface area contributed by atoms with Crippen molar-refractivity contribution >= 4 is 29.4 Å². The number of ether oxygens (including phenoxy) is 1. The van der Waals surface area contributed by atoms with Crippen molar-refractivity contribution in [3.8, 4) is 11.1 Å². The molecule has 0 bridgehead atoms. The van der Waals surface area contributed by atoms with Gasteiger partial charge in [0.25, 0.3) is 0 Å². The van der Waals surface area contributed by atoms with E-state index in [0.717, 1.165) is 16.0 Å². The number of aromatic nitrogens is 1. The number of thioether (sulfide) groups is 2. The Kier molecular flexibility index (Phi) is 8.98. The molecule has 2 aromatic rings. The highest BCUT2D eigenvalue weighted by atomic mass is 32.2. The lowest BCUT2D eigenvalue weighted by Gasteiger charge is -2.47. The fraction of sp³-hybridized carbons (Fsp3) is 0.520. The highest BCUT2D eigenvalue weighted by Gasteiger charge is 2.47. The molecule has 0 radical (unpaired) electrons. The first-order chi connectivity index (χ1) is 16.0. The third-order valence-electron chi connectivity index (χ3n) is 6.72. The number of hydrogen-bond donors (Lipinski definition) is 1. The van der Waals surface area contributed by atoms with Gasteiger partial charge in [0, 0.05) is 22.5 Å². The van der Waals surface area contributed by atoms with Gasteiger partial charge in [-0.25, -0.2) is 0 Å².